The molecule has 1 aromatic heterocycles. The first kappa shape index (κ1) is 10.2. The minimum atomic E-state index is -0.690. The largest absolute Gasteiger partial charge is 0.481 e. The molecule has 1 unspecified atom stereocenters. The minimum Gasteiger partial charge on any atom is -0.481 e. The summed E-state index contributed by atoms with van der Waals surface area (Å²) in [4.78, 5) is 13.0. The smallest absolute Gasteiger partial charge is 0.307 e. The molecule has 0 spiro atoms. The highest BCUT2D eigenvalue weighted by atomic mass is 16.5. The SMILES string of the molecule is O=C(O)C1CCCN(Cc2cnoc2)C1. The van der Waals surface area contributed by atoms with E-state index in [1.165, 1.54) is 0 Å². The fourth-order valence-corrected chi connectivity index (χ4v) is 1.96. The van der Waals surface area contributed by atoms with Crippen molar-refractivity contribution in [1.29, 1.82) is 0 Å². The number of nitrogens with zero attached hydrogens (tertiary/aromatic N) is 2. The zero-order valence-electron chi connectivity index (χ0n) is 8.43. The van der Waals surface area contributed by atoms with Gasteiger partial charge in [-0.2, -0.15) is 0 Å². The Labute approximate surface area is 87.7 Å². The van der Waals surface area contributed by atoms with Gasteiger partial charge < -0.3 is 9.63 Å². The highest BCUT2D eigenvalue weighted by Crippen LogP contribution is 2.18. The second-order valence-corrected chi connectivity index (χ2v) is 3.95. The lowest BCUT2D eigenvalue weighted by Crippen LogP contribution is -2.38. The molecular weight excluding hydrogens is 196 g/mol. The van der Waals surface area contributed by atoms with E-state index in [0.717, 1.165) is 31.5 Å². The van der Waals surface area contributed by atoms with E-state index in [2.05, 4.69) is 10.1 Å². The molecule has 82 valence electrons. The summed E-state index contributed by atoms with van der Waals surface area (Å²) in [5.74, 6) is -0.913. The van der Waals surface area contributed by atoms with Crippen molar-refractivity contribution in [2.24, 2.45) is 5.92 Å². The van der Waals surface area contributed by atoms with Crippen LogP contribution in [-0.4, -0.2) is 34.2 Å². The van der Waals surface area contributed by atoms with E-state index in [1.54, 1.807) is 12.5 Å². The Morgan fingerprint density at radius 3 is 3.27 bits per heavy atom. The predicted molar refractivity (Wildman–Crippen MR) is 52.1 cm³/mol. The van der Waals surface area contributed by atoms with E-state index in [4.69, 9.17) is 9.63 Å². The third kappa shape index (κ3) is 2.56. The molecule has 0 saturated carbocycles. The molecule has 1 N–H and O–H groups in total. The third-order valence-corrected chi connectivity index (χ3v) is 2.74. The molecule has 1 aliphatic heterocycles. The van der Waals surface area contributed by atoms with Crippen LogP contribution >= 0.6 is 0 Å². The molecule has 1 aromatic rings. The van der Waals surface area contributed by atoms with Crippen LogP contribution in [0, 0.1) is 5.92 Å². The molecule has 1 aliphatic rings. The van der Waals surface area contributed by atoms with Crippen LogP contribution in [0.15, 0.2) is 17.0 Å². The Balaban J connectivity index is 1.90. The van der Waals surface area contributed by atoms with Gasteiger partial charge >= 0.3 is 5.97 Å². The lowest BCUT2D eigenvalue weighted by molar-refractivity contribution is -0.143. The fourth-order valence-electron chi connectivity index (χ4n) is 1.96. The van der Waals surface area contributed by atoms with Crippen molar-refractivity contribution in [2.75, 3.05) is 13.1 Å². The summed E-state index contributed by atoms with van der Waals surface area (Å²) in [5, 5.41) is 12.5. The van der Waals surface area contributed by atoms with Crippen LogP contribution in [0.25, 0.3) is 0 Å². The fraction of sp³-hybridized carbons (Fsp3) is 0.600. The maximum Gasteiger partial charge on any atom is 0.307 e. The van der Waals surface area contributed by atoms with Crippen molar-refractivity contribution < 1.29 is 14.4 Å². The number of likely N-dealkylation sites (tertiary alicyclic amines) is 1. The average Bonchev–Trinajstić information content (AvgIpc) is 2.71. The lowest BCUT2D eigenvalue weighted by Gasteiger charge is -2.29. The Kier molecular flexibility index (Phi) is 3.01. The van der Waals surface area contributed by atoms with Crippen molar-refractivity contribution in [2.45, 2.75) is 19.4 Å². The van der Waals surface area contributed by atoms with Gasteiger partial charge in [-0.3, -0.25) is 9.69 Å². The standard InChI is InChI=1S/C10H14N2O3/c13-10(14)9-2-1-3-12(6-9)5-8-4-11-15-7-8/h4,7,9H,1-3,5-6H2,(H,13,14). The molecule has 15 heavy (non-hydrogen) atoms. The minimum absolute atomic E-state index is 0.224. The molecule has 0 radical (unpaired) electrons. The maximum atomic E-state index is 10.8. The first-order valence-electron chi connectivity index (χ1n) is 5.09. The second-order valence-electron chi connectivity index (χ2n) is 3.95. The van der Waals surface area contributed by atoms with Crippen molar-refractivity contribution in [1.82, 2.24) is 10.1 Å². The quantitative estimate of drug-likeness (QED) is 0.805. The highest BCUT2D eigenvalue weighted by Gasteiger charge is 2.25. The van der Waals surface area contributed by atoms with Gasteiger partial charge in [0.25, 0.3) is 0 Å². The van der Waals surface area contributed by atoms with E-state index in [-0.39, 0.29) is 5.92 Å². The topological polar surface area (TPSA) is 66.6 Å². The van der Waals surface area contributed by atoms with Gasteiger partial charge in [-0.15, -0.1) is 0 Å². The van der Waals surface area contributed by atoms with Crippen molar-refractivity contribution >= 4 is 5.97 Å². The van der Waals surface area contributed by atoms with Crippen LogP contribution in [-0.2, 0) is 11.3 Å². The van der Waals surface area contributed by atoms with Crippen molar-refractivity contribution in [3.05, 3.63) is 18.0 Å². The number of carbonyl (C=O) groups is 1. The number of carboxylic acid groups (broad SMARTS) is 1. The number of aliphatic carboxylic acids is 1. The average molecular weight is 210 g/mol. The molecule has 2 heterocycles. The van der Waals surface area contributed by atoms with Gasteiger partial charge in [0.15, 0.2) is 0 Å². The van der Waals surface area contributed by atoms with Gasteiger partial charge in [-0.05, 0) is 19.4 Å². The third-order valence-electron chi connectivity index (χ3n) is 2.74. The number of hydrogen-bond donors (Lipinski definition) is 1. The van der Waals surface area contributed by atoms with E-state index < -0.39 is 5.97 Å². The summed E-state index contributed by atoms with van der Waals surface area (Å²) in [6, 6.07) is 0. The van der Waals surface area contributed by atoms with Gasteiger partial charge in [-0.25, -0.2) is 0 Å². The molecule has 1 fully saturated rings. The van der Waals surface area contributed by atoms with Gasteiger partial charge in [0.2, 0.25) is 0 Å². The van der Waals surface area contributed by atoms with Gasteiger partial charge in [0.05, 0.1) is 12.1 Å². The zero-order chi connectivity index (χ0) is 10.7. The normalized spacial score (nSPS) is 22.8. The summed E-state index contributed by atoms with van der Waals surface area (Å²) >= 11 is 0. The monoisotopic (exact) mass is 210 g/mol. The molecule has 0 bridgehead atoms. The first-order chi connectivity index (χ1) is 7.25. The summed E-state index contributed by atoms with van der Waals surface area (Å²) in [5.41, 5.74) is 1.00. The summed E-state index contributed by atoms with van der Waals surface area (Å²) in [7, 11) is 0. The van der Waals surface area contributed by atoms with Crippen LogP contribution in [0.3, 0.4) is 0 Å². The molecular formula is C10H14N2O3. The Morgan fingerprint density at radius 1 is 1.73 bits per heavy atom. The van der Waals surface area contributed by atoms with E-state index >= 15 is 0 Å². The van der Waals surface area contributed by atoms with Gasteiger partial charge in [-0.1, -0.05) is 5.16 Å². The summed E-state index contributed by atoms with van der Waals surface area (Å²) < 4.78 is 4.74. The Morgan fingerprint density at radius 2 is 2.60 bits per heavy atom. The second kappa shape index (κ2) is 4.44. The highest BCUT2D eigenvalue weighted by molar-refractivity contribution is 5.70. The van der Waals surface area contributed by atoms with Crippen molar-refractivity contribution in [3.8, 4) is 0 Å². The molecule has 5 heteroatoms. The van der Waals surface area contributed by atoms with E-state index in [9.17, 15) is 4.79 Å². The predicted octanol–water partition coefficient (Wildman–Crippen LogP) is 0.971. The Hall–Kier alpha value is -1.36. The lowest BCUT2D eigenvalue weighted by atomic mass is 9.98. The summed E-state index contributed by atoms with van der Waals surface area (Å²) in [6.45, 7) is 2.31. The van der Waals surface area contributed by atoms with Gasteiger partial charge in [0.1, 0.15) is 6.26 Å². The number of carboxylic acids is 1. The summed E-state index contributed by atoms with van der Waals surface area (Å²) in [6.07, 6.45) is 5.01. The van der Waals surface area contributed by atoms with Crippen LogP contribution in [0.2, 0.25) is 0 Å². The number of piperidine rings is 1. The van der Waals surface area contributed by atoms with Crippen molar-refractivity contribution in [3.63, 3.8) is 0 Å². The first-order valence-corrected chi connectivity index (χ1v) is 5.09. The van der Waals surface area contributed by atoms with Gasteiger partial charge in [0, 0.05) is 18.7 Å². The zero-order valence-corrected chi connectivity index (χ0v) is 8.43. The van der Waals surface area contributed by atoms with Crippen LogP contribution < -0.4 is 0 Å². The Bertz CT molecular complexity index is 323. The molecule has 5 nitrogen and oxygen atoms in total. The maximum absolute atomic E-state index is 10.8. The number of hydrogen-bond acceptors (Lipinski definition) is 4. The molecule has 1 atom stereocenters. The van der Waals surface area contributed by atoms with Crippen LogP contribution in [0.5, 0.6) is 0 Å². The molecule has 0 aromatic carbocycles. The van der Waals surface area contributed by atoms with Crippen LogP contribution in [0.4, 0.5) is 0 Å². The van der Waals surface area contributed by atoms with E-state index in [1.807, 2.05) is 0 Å². The van der Waals surface area contributed by atoms with Crippen LogP contribution in [0.1, 0.15) is 18.4 Å². The molecule has 2 rings (SSSR count). The molecule has 1 saturated heterocycles. The molecule has 0 aliphatic carbocycles. The number of aromatic nitrogens is 1. The number of rotatable bonds is 3. The van der Waals surface area contributed by atoms with E-state index in [0.29, 0.717) is 6.54 Å². The molecule has 0 amide bonds.